The quantitative estimate of drug-likeness (QED) is 0.536. The average molecular weight is 325 g/mol. The number of aliphatic imine (C=N–C) groups is 1. The fraction of sp³-hybridized carbons (Fsp3) is 0.944. The standard InChI is InChI=1S/C18H35N3O2/c1-4-19-17(20-13-18(22)9-11-23-12-10-18)21-16-7-5-15(6-8-16)14(2)3/h14-16,22H,4-13H2,1-3H3,(H2,19,20,21). The van der Waals surface area contributed by atoms with Gasteiger partial charge >= 0.3 is 0 Å². The van der Waals surface area contributed by atoms with E-state index < -0.39 is 5.60 Å². The lowest BCUT2D eigenvalue weighted by Gasteiger charge is -2.33. The maximum atomic E-state index is 10.5. The topological polar surface area (TPSA) is 65.9 Å². The molecule has 1 heterocycles. The minimum atomic E-state index is -0.699. The SMILES string of the molecule is CCNC(=NCC1(O)CCOCC1)NC1CCC(C(C)C)CC1. The van der Waals surface area contributed by atoms with Gasteiger partial charge in [-0.3, -0.25) is 4.99 Å². The summed E-state index contributed by atoms with van der Waals surface area (Å²) in [5, 5.41) is 17.4. The van der Waals surface area contributed by atoms with Crippen LogP contribution in [0.15, 0.2) is 4.99 Å². The third kappa shape index (κ3) is 5.96. The third-order valence-electron chi connectivity index (χ3n) is 5.35. The van der Waals surface area contributed by atoms with Gasteiger partial charge in [0.05, 0.1) is 12.1 Å². The molecule has 0 aromatic rings. The number of nitrogens with one attached hydrogen (secondary N) is 2. The van der Waals surface area contributed by atoms with E-state index in [-0.39, 0.29) is 0 Å². The lowest BCUT2D eigenvalue weighted by atomic mass is 9.80. The molecule has 134 valence electrons. The highest BCUT2D eigenvalue weighted by molar-refractivity contribution is 5.80. The van der Waals surface area contributed by atoms with Crippen molar-refractivity contribution in [2.75, 3.05) is 26.3 Å². The zero-order chi connectivity index (χ0) is 16.7. The van der Waals surface area contributed by atoms with Crippen molar-refractivity contribution in [1.29, 1.82) is 0 Å². The Balaban J connectivity index is 1.84. The van der Waals surface area contributed by atoms with Gasteiger partial charge in [-0.25, -0.2) is 0 Å². The molecule has 0 aromatic carbocycles. The summed E-state index contributed by atoms with van der Waals surface area (Å²) in [6, 6.07) is 0.507. The summed E-state index contributed by atoms with van der Waals surface area (Å²) in [6.45, 7) is 9.30. The Bertz CT molecular complexity index is 370. The molecule has 2 aliphatic rings. The summed E-state index contributed by atoms with van der Waals surface area (Å²) in [5.41, 5.74) is -0.699. The fourth-order valence-electron chi connectivity index (χ4n) is 3.58. The zero-order valence-corrected chi connectivity index (χ0v) is 15.1. The van der Waals surface area contributed by atoms with Gasteiger partial charge in [0.1, 0.15) is 0 Å². The van der Waals surface area contributed by atoms with Gasteiger partial charge < -0.3 is 20.5 Å². The van der Waals surface area contributed by atoms with Crippen molar-refractivity contribution in [3.63, 3.8) is 0 Å². The molecule has 0 atom stereocenters. The van der Waals surface area contributed by atoms with Gasteiger partial charge in [0.2, 0.25) is 0 Å². The molecular formula is C18H35N3O2. The molecule has 0 unspecified atom stereocenters. The van der Waals surface area contributed by atoms with Crippen molar-refractivity contribution >= 4 is 5.96 Å². The molecule has 0 aromatic heterocycles. The predicted octanol–water partition coefficient (Wildman–Crippen LogP) is 2.30. The van der Waals surface area contributed by atoms with E-state index in [0.717, 1.165) is 24.3 Å². The first-order chi connectivity index (χ1) is 11.0. The minimum Gasteiger partial charge on any atom is -0.388 e. The van der Waals surface area contributed by atoms with Crippen LogP contribution >= 0.6 is 0 Å². The molecule has 5 nitrogen and oxygen atoms in total. The Morgan fingerprint density at radius 2 is 1.87 bits per heavy atom. The highest BCUT2D eigenvalue weighted by Gasteiger charge is 2.30. The van der Waals surface area contributed by atoms with E-state index in [4.69, 9.17) is 4.74 Å². The highest BCUT2D eigenvalue weighted by atomic mass is 16.5. The van der Waals surface area contributed by atoms with Gasteiger partial charge in [0.15, 0.2) is 5.96 Å². The molecule has 1 aliphatic carbocycles. The van der Waals surface area contributed by atoms with Crippen molar-refractivity contribution in [3.05, 3.63) is 0 Å². The lowest BCUT2D eigenvalue weighted by molar-refractivity contribution is -0.0566. The Morgan fingerprint density at radius 1 is 1.22 bits per heavy atom. The molecule has 1 saturated carbocycles. The molecule has 0 spiro atoms. The summed E-state index contributed by atoms with van der Waals surface area (Å²) in [5.74, 6) is 2.51. The van der Waals surface area contributed by atoms with E-state index in [9.17, 15) is 5.11 Å². The average Bonchev–Trinajstić information content (AvgIpc) is 2.54. The van der Waals surface area contributed by atoms with Crippen LogP contribution in [0.25, 0.3) is 0 Å². The monoisotopic (exact) mass is 325 g/mol. The largest absolute Gasteiger partial charge is 0.388 e. The number of hydrogen-bond donors (Lipinski definition) is 3. The Kier molecular flexibility index (Phi) is 7.15. The van der Waals surface area contributed by atoms with Crippen LogP contribution in [-0.2, 0) is 4.74 Å². The van der Waals surface area contributed by atoms with Crippen molar-refractivity contribution in [2.24, 2.45) is 16.8 Å². The van der Waals surface area contributed by atoms with Crippen LogP contribution in [0.1, 0.15) is 59.3 Å². The molecule has 2 fully saturated rings. The van der Waals surface area contributed by atoms with Gasteiger partial charge in [0.25, 0.3) is 0 Å². The second-order valence-corrected chi connectivity index (χ2v) is 7.53. The van der Waals surface area contributed by atoms with Crippen LogP contribution in [0.4, 0.5) is 0 Å². The molecule has 0 bridgehead atoms. The number of hydrogen-bond acceptors (Lipinski definition) is 3. The molecule has 0 radical (unpaired) electrons. The van der Waals surface area contributed by atoms with E-state index in [2.05, 4.69) is 36.4 Å². The summed E-state index contributed by atoms with van der Waals surface area (Å²) < 4.78 is 5.33. The zero-order valence-electron chi connectivity index (χ0n) is 15.1. The van der Waals surface area contributed by atoms with Gasteiger partial charge in [-0.1, -0.05) is 13.8 Å². The highest BCUT2D eigenvalue weighted by Crippen LogP contribution is 2.29. The summed E-state index contributed by atoms with van der Waals surface area (Å²) in [4.78, 5) is 4.65. The second-order valence-electron chi connectivity index (χ2n) is 7.53. The Hall–Kier alpha value is -0.810. The van der Waals surface area contributed by atoms with E-state index in [1.54, 1.807) is 0 Å². The molecular weight excluding hydrogens is 290 g/mol. The smallest absolute Gasteiger partial charge is 0.191 e. The summed E-state index contributed by atoms with van der Waals surface area (Å²) in [6.07, 6.45) is 6.38. The van der Waals surface area contributed by atoms with Crippen LogP contribution in [0, 0.1) is 11.8 Å². The van der Waals surface area contributed by atoms with Crippen LogP contribution in [0.3, 0.4) is 0 Å². The van der Waals surface area contributed by atoms with E-state index in [1.165, 1.54) is 25.7 Å². The minimum absolute atomic E-state index is 0.451. The number of guanidine groups is 1. The van der Waals surface area contributed by atoms with Crippen molar-refractivity contribution < 1.29 is 9.84 Å². The lowest BCUT2D eigenvalue weighted by Crippen LogP contribution is -2.46. The molecule has 1 aliphatic heterocycles. The van der Waals surface area contributed by atoms with Gasteiger partial charge in [-0.15, -0.1) is 0 Å². The molecule has 23 heavy (non-hydrogen) atoms. The number of aliphatic hydroxyl groups is 1. The van der Waals surface area contributed by atoms with Crippen molar-refractivity contribution in [3.8, 4) is 0 Å². The molecule has 5 heteroatoms. The van der Waals surface area contributed by atoms with E-state index in [1.807, 2.05) is 0 Å². The van der Waals surface area contributed by atoms with Gasteiger partial charge in [0, 0.05) is 38.6 Å². The van der Waals surface area contributed by atoms with E-state index in [0.29, 0.717) is 38.6 Å². The number of rotatable bonds is 5. The van der Waals surface area contributed by atoms with Crippen LogP contribution < -0.4 is 10.6 Å². The first-order valence-corrected chi connectivity index (χ1v) is 9.37. The van der Waals surface area contributed by atoms with Gasteiger partial charge in [-0.05, 0) is 44.4 Å². The number of ether oxygens (including phenoxy) is 1. The Morgan fingerprint density at radius 3 is 2.43 bits per heavy atom. The first kappa shape index (κ1) is 18.5. The van der Waals surface area contributed by atoms with Crippen LogP contribution in [0.5, 0.6) is 0 Å². The maximum absolute atomic E-state index is 10.5. The summed E-state index contributed by atoms with van der Waals surface area (Å²) >= 11 is 0. The molecule has 0 amide bonds. The van der Waals surface area contributed by atoms with Crippen molar-refractivity contribution in [2.45, 2.75) is 70.9 Å². The second kappa shape index (κ2) is 8.88. The van der Waals surface area contributed by atoms with Crippen LogP contribution in [0.2, 0.25) is 0 Å². The number of nitrogens with zero attached hydrogens (tertiary/aromatic N) is 1. The first-order valence-electron chi connectivity index (χ1n) is 9.37. The predicted molar refractivity (Wildman–Crippen MR) is 94.7 cm³/mol. The molecule has 1 saturated heterocycles. The van der Waals surface area contributed by atoms with Crippen LogP contribution in [-0.4, -0.2) is 49.0 Å². The Labute approximate surface area is 141 Å². The fourth-order valence-corrected chi connectivity index (χ4v) is 3.58. The van der Waals surface area contributed by atoms with Gasteiger partial charge in [-0.2, -0.15) is 0 Å². The third-order valence-corrected chi connectivity index (χ3v) is 5.35. The van der Waals surface area contributed by atoms with Crippen molar-refractivity contribution in [1.82, 2.24) is 10.6 Å². The molecule has 3 N–H and O–H groups in total. The molecule has 2 rings (SSSR count). The maximum Gasteiger partial charge on any atom is 0.191 e. The summed E-state index contributed by atoms with van der Waals surface area (Å²) in [7, 11) is 0. The normalized spacial score (nSPS) is 28.7. The van der Waals surface area contributed by atoms with E-state index >= 15 is 0 Å².